The molecule has 0 N–H and O–H groups in total. The van der Waals surface area contributed by atoms with E-state index < -0.39 is 0 Å². The van der Waals surface area contributed by atoms with Gasteiger partial charge in [-0.1, -0.05) is 50.1 Å². The van der Waals surface area contributed by atoms with E-state index in [0.29, 0.717) is 0 Å². The molecule has 0 spiro atoms. The van der Waals surface area contributed by atoms with Crippen LogP contribution in [0.5, 0.6) is 0 Å². The summed E-state index contributed by atoms with van der Waals surface area (Å²) in [5, 5.41) is 0. The Labute approximate surface area is 132 Å². The van der Waals surface area contributed by atoms with Crippen LogP contribution in [0, 0.1) is 27.7 Å². The van der Waals surface area contributed by atoms with Gasteiger partial charge in [0.05, 0.1) is 4.83 Å². The third-order valence-corrected chi connectivity index (χ3v) is 5.30. The third-order valence-electron chi connectivity index (χ3n) is 3.82. The first kappa shape index (κ1) is 14.8. The lowest BCUT2D eigenvalue weighted by Crippen LogP contribution is -2.03. The minimum Gasteiger partial charge on any atom is -0.0786 e. The van der Waals surface area contributed by atoms with E-state index in [0.717, 1.165) is 4.47 Å². The van der Waals surface area contributed by atoms with Crippen molar-refractivity contribution in [3.63, 3.8) is 0 Å². The van der Waals surface area contributed by atoms with Gasteiger partial charge in [-0.15, -0.1) is 0 Å². The summed E-state index contributed by atoms with van der Waals surface area (Å²) in [7, 11) is 0. The van der Waals surface area contributed by atoms with Gasteiger partial charge >= 0.3 is 0 Å². The highest BCUT2D eigenvalue weighted by Gasteiger charge is 2.18. The zero-order valence-corrected chi connectivity index (χ0v) is 14.9. The van der Waals surface area contributed by atoms with Gasteiger partial charge in [0.15, 0.2) is 0 Å². The fourth-order valence-electron chi connectivity index (χ4n) is 2.46. The molecule has 0 bridgehead atoms. The fraction of sp³-hybridized carbons (Fsp3) is 0.294. The second-order valence-electron chi connectivity index (χ2n) is 5.09. The van der Waals surface area contributed by atoms with Crippen LogP contribution in [0.2, 0.25) is 0 Å². The van der Waals surface area contributed by atoms with Crippen LogP contribution in [0.1, 0.15) is 38.2 Å². The average molecular weight is 382 g/mol. The standard InChI is InChI=1S/C17H18Br2/c1-10-8-11(2)13(4)16(12(10)3)17(19)14-6-5-7-15(18)9-14/h5-9,17H,1-4H3. The molecule has 0 fully saturated rings. The summed E-state index contributed by atoms with van der Waals surface area (Å²) >= 11 is 7.43. The zero-order valence-electron chi connectivity index (χ0n) is 11.7. The Hall–Kier alpha value is -0.600. The van der Waals surface area contributed by atoms with Crippen molar-refractivity contribution in [2.75, 3.05) is 0 Å². The van der Waals surface area contributed by atoms with Crippen molar-refractivity contribution in [1.82, 2.24) is 0 Å². The van der Waals surface area contributed by atoms with E-state index in [1.165, 1.54) is 33.4 Å². The second-order valence-corrected chi connectivity index (χ2v) is 6.92. The Balaban J connectivity index is 2.59. The third kappa shape index (κ3) is 2.95. The van der Waals surface area contributed by atoms with Gasteiger partial charge in [0.2, 0.25) is 0 Å². The molecular weight excluding hydrogens is 364 g/mol. The molecular formula is C17H18Br2. The van der Waals surface area contributed by atoms with Crippen LogP contribution < -0.4 is 0 Å². The van der Waals surface area contributed by atoms with Gasteiger partial charge < -0.3 is 0 Å². The van der Waals surface area contributed by atoms with Gasteiger partial charge in [-0.3, -0.25) is 0 Å². The number of halogens is 2. The number of hydrogen-bond donors (Lipinski definition) is 0. The van der Waals surface area contributed by atoms with E-state index in [1.54, 1.807) is 0 Å². The van der Waals surface area contributed by atoms with Crippen LogP contribution in [-0.4, -0.2) is 0 Å². The summed E-state index contributed by atoms with van der Waals surface area (Å²) < 4.78 is 1.12. The molecule has 0 radical (unpaired) electrons. The van der Waals surface area contributed by atoms with Gasteiger partial charge in [0.1, 0.15) is 0 Å². The topological polar surface area (TPSA) is 0 Å². The average Bonchev–Trinajstić information content (AvgIpc) is 2.36. The number of benzene rings is 2. The van der Waals surface area contributed by atoms with Gasteiger partial charge in [0, 0.05) is 4.47 Å². The highest BCUT2D eigenvalue weighted by Crippen LogP contribution is 2.37. The molecule has 1 unspecified atom stereocenters. The maximum absolute atomic E-state index is 3.88. The molecule has 1 atom stereocenters. The number of alkyl halides is 1. The molecule has 0 aromatic heterocycles. The minimum atomic E-state index is 0.239. The zero-order chi connectivity index (χ0) is 14.2. The molecule has 19 heavy (non-hydrogen) atoms. The quantitative estimate of drug-likeness (QED) is 0.546. The fourth-order valence-corrected chi connectivity index (χ4v) is 3.85. The maximum Gasteiger partial charge on any atom is 0.0650 e. The summed E-state index contributed by atoms with van der Waals surface area (Å²) in [4.78, 5) is 0.239. The molecule has 0 aliphatic carbocycles. The lowest BCUT2D eigenvalue weighted by Gasteiger charge is -2.20. The van der Waals surface area contributed by atoms with E-state index in [4.69, 9.17) is 0 Å². The lowest BCUT2D eigenvalue weighted by molar-refractivity contribution is 1.07. The maximum atomic E-state index is 3.88. The molecule has 0 saturated heterocycles. The van der Waals surface area contributed by atoms with E-state index in [9.17, 15) is 0 Å². The van der Waals surface area contributed by atoms with Crippen LogP contribution in [0.4, 0.5) is 0 Å². The Morgan fingerprint density at radius 1 is 0.895 bits per heavy atom. The van der Waals surface area contributed by atoms with Crippen molar-refractivity contribution < 1.29 is 0 Å². The first-order valence-electron chi connectivity index (χ1n) is 6.38. The van der Waals surface area contributed by atoms with Crippen LogP contribution in [-0.2, 0) is 0 Å². The number of aryl methyl sites for hydroxylation is 2. The highest BCUT2D eigenvalue weighted by atomic mass is 79.9. The van der Waals surface area contributed by atoms with E-state index in [-0.39, 0.29) is 4.83 Å². The summed E-state index contributed by atoms with van der Waals surface area (Å²) in [5.41, 5.74) is 8.16. The summed E-state index contributed by atoms with van der Waals surface area (Å²) in [6, 6.07) is 10.8. The van der Waals surface area contributed by atoms with Crippen LogP contribution in [0.3, 0.4) is 0 Å². The minimum absolute atomic E-state index is 0.239. The Morgan fingerprint density at radius 2 is 1.47 bits per heavy atom. The Kier molecular flexibility index (Phi) is 4.52. The summed E-state index contributed by atoms with van der Waals surface area (Å²) in [6.07, 6.45) is 0. The van der Waals surface area contributed by atoms with Crippen LogP contribution in [0.15, 0.2) is 34.8 Å². The molecule has 2 rings (SSSR count). The normalized spacial score (nSPS) is 12.5. The molecule has 0 nitrogen and oxygen atoms in total. The monoisotopic (exact) mass is 380 g/mol. The molecule has 2 heteroatoms. The predicted molar refractivity (Wildman–Crippen MR) is 90.3 cm³/mol. The van der Waals surface area contributed by atoms with Crippen molar-refractivity contribution in [3.05, 3.63) is 68.2 Å². The molecule has 0 amide bonds. The first-order valence-corrected chi connectivity index (χ1v) is 8.09. The SMILES string of the molecule is Cc1cc(C)c(C)c(C(Br)c2cccc(Br)c2)c1C. The smallest absolute Gasteiger partial charge is 0.0650 e. The molecule has 0 aliphatic rings. The van der Waals surface area contributed by atoms with Crippen molar-refractivity contribution in [3.8, 4) is 0 Å². The highest BCUT2D eigenvalue weighted by molar-refractivity contribution is 9.10. The van der Waals surface area contributed by atoms with Crippen LogP contribution >= 0.6 is 31.9 Å². The van der Waals surface area contributed by atoms with Crippen molar-refractivity contribution in [1.29, 1.82) is 0 Å². The molecule has 2 aromatic rings. The summed E-state index contributed by atoms with van der Waals surface area (Å²) in [6.45, 7) is 8.80. The number of hydrogen-bond acceptors (Lipinski definition) is 0. The van der Waals surface area contributed by atoms with E-state index in [1.807, 2.05) is 0 Å². The lowest BCUT2D eigenvalue weighted by atomic mass is 9.90. The Morgan fingerprint density at radius 3 is 2.00 bits per heavy atom. The van der Waals surface area contributed by atoms with Gasteiger partial charge in [-0.25, -0.2) is 0 Å². The molecule has 100 valence electrons. The second kappa shape index (κ2) is 5.80. The molecule has 0 saturated carbocycles. The van der Waals surface area contributed by atoms with Crippen molar-refractivity contribution in [2.45, 2.75) is 32.5 Å². The van der Waals surface area contributed by atoms with Gasteiger partial charge in [-0.05, 0) is 73.2 Å². The molecule has 0 aliphatic heterocycles. The largest absolute Gasteiger partial charge is 0.0786 e. The van der Waals surface area contributed by atoms with Crippen molar-refractivity contribution in [2.24, 2.45) is 0 Å². The van der Waals surface area contributed by atoms with Crippen molar-refractivity contribution >= 4 is 31.9 Å². The van der Waals surface area contributed by atoms with Gasteiger partial charge in [0.25, 0.3) is 0 Å². The summed E-state index contributed by atoms with van der Waals surface area (Å²) in [5.74, 6) is 0. The van der Waals surface area contributed by atoms with Gasteiger partial charge in [-0.2, -0.15) is 0 Å². The van der Waals surface area contributed by atoms with Crippen LogP contribution in [0.25, 0.3) is 0 Å². The molecule has 0 heterocycles. The molecule has 2 aromatic carbocycles. The number of rotatable bonds is 2. The predicted octanol–water partition coefficient (Wildman–Crippen LogP) is 6.17. The Bertz CT molecular complexity index is 589. The van der Waals surface area contributed by atoms with E-state index >= 15 is 0 Å². The first-order chi connectivity index (χ1) is 8.91. The van der Waals surface area contributed by atoms with E-state index in [2.05, 4.69) is 89.9 Å².